The number of rotatable bonds is 2. The van der Waals surface area contributed by atoms with E-state index in [9.17, 15) is 8.78 Å². The van der Waals surface area contributed by atoms with E-state index in [1.807, 2.05) is 42.1 Å². The molecule has 1 aromatic heterocycles. The predicted molar refractivity (Wildman–Crippen MR) is 62.9 cm³/mol. The quantitative estimate of drug-likeness (QED) is 0.524. The SMILES string of the molecule is C[n+]1ccccc1/C=C/c1ccc(F)c(F)c1.[I-]. The number of pyridine rings is 1. The molecule has 0 bridgehead atoms. The Morgan fingerprint density at radius 1 is 1.00 bits per heavy atom. The van der Waals surface area contributed by atoms with Crippen LogP contribution in [0.1, 0.15) is 11.3 Å². The summed E-state index contributed by atoms with van der Waals surface area (Å²) < 4.78 is 27.6. The molecule has 0 amide bonds. The Bertz CT molecular complexity index is 567. The third-order valence-electron chi connectivity index (χ3n) is 2.49. The van der Waals surface area contributed by atoms with Gasteiger partial charge in [-0.15, -0.1) is 0 Å². The largest absolute Gasteiger partial charge is 1.00 e. The van der Waals surface area contributed by atoms with E-state index in [1.165, 1.54) is 12.1 Å². The van der Waals surface area contributed by atoms with Gasteiger partial charge in [0.2, 0.25) is 5.69 Å². The van der Waals surface area contributed by atoms with Gasteiger partial charge in [0.05, 0.1) is 0 Å². The van der Waals surface area contributed by atoms with Crippen molar-refractivity contribution in [3.8, 4) is 0 Å². The fraction of sp³-hybridized carbons (Fsp3) is 0.0714. The Labute approximate surface area is 122 Å². The normalized spacial score (nSPS) is 10.4. The first-order valence-electron chi connectivity index (χ1n) is 5.24. The van der Waals surface area contributed by atoms with E-state index in [0.717, 1.165) is 11.8 Å². The molecule has 0 saturated carbocycles. The topological polar surface area (TPSA) is 3.88 Å². The van der Waals surface area contributed by atoms with Gasteiger partial charge in [-0.05, 0) is 29.8 Å². The van der Waals surface area contributed by atoms with E-state index >= 15 is 0 Å². The van der Waals surface area contributed by atoms with Crippen LogP contribution in [0.3, 0.4) is 0 Å². The first kappa shape index (κ1) is 14.8. The highest BCUT2D eigenvalue weighted by Gasteiger charge is 2.02. The second kappa shape index (κ2) is 6.58. The van der Waals surface area contributed by atoms with Gasteiger partial charge in [0.25, 0.3) is 0 Å². The average molecular weight is 359 g/mol. The van der Waals surface area contributed by atoms with E-state index in [1.54, 1.807) is 6.08 Å². The van der Waals surface area contributed by atoms with Crippen LogP contribution in [-0.2, 0) is 7.05 Å². The summed E-state index contributed by atoms with van der Waals surface area (Å²) in [5, 5.41) is 0. The second-order valence-corrected chi connectivity index (χ2v) is 3.74. The third kappa shape index (κ3) is 3.60. The molecule has 4 heteroatoms. The summed E-state index contributed by atoms with van der Waals surface area (Å²) in [4.78, 5) is 0. The lowest BCUT2D eigenvalue weighted by atomic mass is 10.2. The standard InChI is InChI=1S/C14H12F2N.HI/c1-17-9-3-2-4-12(17)7-5-11-6-8-13(15)14(16)10-11;/h2-10H,1H3;1H/q+1;/p-1/b7-5+;. The molecule has 0 fully saturated rings. The Kier molecular flexibility index (Phi) is 5.40. The van der Waals surface area contributed by atoms with E-state index < -0.39 is 11.6 Å². The molecule has 0 saturated heterocycles. The molecule has 0 radical (unpaired) electrons. The Balaban J connectivity index is 0.00000162. The van der Waals surface area contributed by atoms with Gasteiger partial charge >= 0.3 is 0 Å². The van der Waals surface area contributed by atoms with Crippen molar-refractivity contribution < 1.29 is 37.3 Å². The highest BCUT2D eigenvalue weighted by molar-refractivity contribution is 5.66. The van der Waals surface area contributed by atoms with Gasteiger partial charge in [0.15, 0.2) is 17.8 Å². The zero-order valence-corrected chi connectivity index (χ0v) is 11.9. The lowest BCUT2D eigenvalue weighted by molar-refractivity contribution is -0.673. The van der Waals surface area contributed by atoms with E-state index in [0.29, 0.717) is 5.56 Å². The Hall–Kier alpha value is -1.30. The Morgan fingerprint density at radius 3 is 2.44 bits per heavy atom. The molecule has 0 atom stereocenters. The van der Waals surface area contributed by atoms with Crippen LogP contribution in [0.2, 0.25) is 0 Å². The molecule has 1 heterocycles. The summed E-state index contributed by atoms with van der Waals surface area (Å²) in [5.41, 5.74) is 1.62. The second-order valence-electron chi connectivity index (χ2n) is 3.74. The molecule has 0 aliphatic carbocycles. The number of hydrogen-bond donors (Lipinski definition) is 0. The van der Waals surface area contributed by atoms with Gasteiger partial charge < -0.3 is 24.0 Å². The molecule has 1 nitrogen and oxygen atoms in total. The maximum Gasteiger partial charge on any atom is 0.204 e. The van der Waals surface area contributed by atoms with Gasteiger partial charge in [-0.1, -0.05) is 6.07 Å². The van der Waals surface area contributed by atoms with Crippen molar-refractivity contribution in [1.82, 2.24) is 0 Å². The van der Waals surface area contributed by atoms with Crippen LogP contribution in [0.4, 0.5) is 8.78 Å². The number of hydrogen-bond acceptors (Lipinski definition) is 0. The third-order valence-corrected chi connectivity index (χ3v) is 2.49. The van der Waals surface area contributed by atoms with Crippen LogP contribution in [0.15, 0.2) is 42.6 Å². The molecule has 0 aliphatic heterocycles. The van der Waals surface area contributed by atoms with Crippen molar-refractivity contribution in [2.75, 3.05) is 0 Å². The zero-order valence-electron chi connectivity index (χ0n) is 9.78. The minimum absolute atomic E-state index is 0. The highest BCUT2D eigenvalue weighted by Crippen LogP contribution is 2.11. The van der Waals surface area contributed by atoms with E-state index in [-0.39, 0.29) is 24.0 Å². The summed E-state index contributed by atoms with van der Waals surface area (Å²) in [6, 6.07) is 9.63. The summed E-state index contributed by atoms with van der Waals surface area (Å²) in [7, 11) is 1.92. The lowest BCUT2D eigenvalue weighted by Gasteiger charge is -1.96. The lowest BCUT2D eigenvalue weighted by Crippen LogP contribution is -3.00. The number of nitrogens with zero attached hydrogens (tertiary/aromatic N) is 1. The first-order chi connectivity index (χ1) is 8.16. The average Bonchev–Trinajstić information content (AvgIpc) is 2.32. The zero-order chi connectivity index (χ0) is 12.3. The molecular formula is C14H12F2IN. The molecular weight excluding hydrogens is 347 g/mol. The van der Waals surface area contributed by atoms with Gasteiger partial charge in [-0.2, -0.15) is 0 Å². The van der Waals surface area contributed by atoms with Crippen molar-refractivity contribution in [2.24, 2.45) is 7.05 Å². The smallest absolute Gasteiger partial charge is 0.204 e. The van der Waals surface area contributed by atoms with Crippen molar-refractivity contribution in [2.45, 2.75) is 0 Å². The van der Waals surface area contributed by atoms with Crippen LogP contribution >= 0.6 is 0 Å². The minimum atomic E-state index is -0.829. The first-order valence-corrected chi connectivity index (χ1v) is 5.24. The van der Waals surface area contributed by atoms with E-state index in [4.69, 9.17) is 0 Å². The van der Waals surface area contributed by atoms with Crippen LogP contribution in [0.5, 0.6) is 0 Å². The van der Waals surface area contributed by atoms with Gasteiger partial charge in [0, 0.05) is 18.2 Å². The highest BCUT2D eigenvalue weighted by atomic mass is 127. The fourth-order valence-corrected chi connectivity index (χ4v) is 1.51. The van der Waals surface area contributed by atoms with Crippen LogP contribution in [0.25, 0.3) is 12.2 Å². The number of halogens is 3. The summed E-state index contributed by atoms with van der Waals surface area (Å²) in [6.07, 6.45) is 5.52. The number of aryl methyl sites for hydroxylation is 1. The van der Waals surface area contributed by atoms with Crippen molar-refractivity contribution in [1.29, 1.82) is 0 Å². The molecule has 2 rings (SSSR count). The monoisotopic (exact) mass is 359 g/mol. The van der Waals surface area contributed by atoms with E-state index in [2.05, 4.69) is 0 Å². The molecule has 18 heavy (non-hydrogen) atoms. The van der Waals surface area contributed by atoms with Crippen LogP contribution in [-0.4, -0.2) is 0 Å². The minimum Gasteiger partial charge on any atom is -1.00 e. The molecule has 1 aromatic carbocycles. The maximum absolute atomic E-state index is 13.0. The van der Waals surface area contributed by atoms with Gasteiger partial charge in [-0.3, -0.25) is 0 Å². The maximum atomic E-state index is 13.0. The van der Waals surface area contributed by atoms with Gasteiger partial charge in [-0.25, -0.2) is 13.3 Å². The van der Waals surface area contributed by atoms with Crippen molar-refractivity contribution >= 4 is 12.2 Å². The molecule has 0 unspecified atom stereocenters. The molecule has 0 aliphatic rings. The fourth-order valence-electron chi connectivity index (χ4n) is 1.51. The number of benzene rings is 1. The summed E-state index contributed by atoms with van der Waals surface area (Å²) in [6.45, 7) is 0. The summed E-state index contributed by atoms with van der Waals surface area (Å²) >= 11 is 0. The summed E-state index contributed by atoms with van der Waals surface area (Å²) in [5.74, 6) is -1.66. The molecule has 2 aromatic rings. The van der Waals surface area contributed by atoms with Crippen molar-refractivity contribution in [3.05, 3.63) is 65.5 Å². The molecule has 94 valence electrons. The molecule has 0 N–H and O–H groups in total. The van der Waals surface area contributed by atoms with Crippen LogP contribution in [0, 0.1) is 11.6 Å². The van der Waals surface area contributed by atoms with Gasteiger partial charge in [0.1, 0.15) is 7.05 Å². The van der Waals surface area contributed by atoms with Crippen LogP contribution < -0.4 is 28.5 Å². The predicted octanol–water partition coefficient (Wildman–Crippen LogP) is -0.0363. The molecule has 0 spiro atoms. The van der Waals surface area contributed by atoms with Crippen molar-refractivity contribution in [3.63, 3.8) is 0 Å². The Morgan fingerprint density at radius 2 is 1.78 bits per heavy atom. The number of aromatic nitrogens is 1.